The number of nitrogens with two attached hydrogens (primary N) is 1. The molecule has 0 bridgehead atoms. The molecule has 88 valence electrons. The lowest BCUT2D eigenvalue weighted by molar-refractivity contribution is -0.129. The van der Waals surface area contributed by atoms with Gasteiger partial charge in [-0.1, -0.05) is 12.1 Å². The van der Waals surface area contributed by atoms with Gasteiger partial charge in [0.15, 0.2) is 5.78 Å². The highest BCUT2D eigenvalue weighted by atomic mass is 16.2. The summed E-state index contributed by atoms with van der Waals surface area (Å²) in [5.41, 5.74) is 7.20. The molecule has 1 amide bonds. The first-order valence-corrected chi connectivity index (χ1v) is 5.86. The van der Waals surface area contributed by atoms with Crippen LogP contribution in [0.5, 0.6) is 0 Å². The molecule has 0 radical (unpaired) electrons. The molecule has 2 N–H and O–H groups in total. The van der Waals surface area contributed by atoms with Crippen molar-refractivity contribution in [1.29, 1.82) is 0 Å². The largest absolute Gasteiger partial charge is 0.399 e. The van der Waals surface area contributed by atoms with Crippen LogP contribution < -0.4 is 5.73 Å². The minimum absolute atomic E-state index is 0.00694. The third-order valence-electron chi connectivity index (χ3n) is 3.36. The van der Waals surface area contributed by atoms with Crippen molar-refractivity contribution in [2.75, 3.05) is 5.73 Å². The van der Waals surface area contributed by atoms with Crippen molar-refractivity contribution >= 4 is 17.4 Å². The third kappa shape index (κ3) is 1.69. The molecule has 1 heterocycles. The summed E-state index contributed by atoms with van der Waals surface area (Å²) in [5.74, 6) is -0.0441. The van der Waals surface area contributed by atoms with E-state index in [1.807, 2.05) is 12.1 Å². The first kappa shape index (κ1) is 10.3. The highest BCUT2D eigenvalue weighted by Crippen LogP contribution is 2.40. The van der Waals surface area contributed by atoms with Crippen LogP contribution >= 0.6 is 0 Å². The van der Waals surface area contributed by atoms with Crippen LogP contribution in [0, 0.1) is 0 Å². The van der Waals surface area contributed by atoms with E-state index in [0.29, 0.717) is 5.69 Å². The Bertz CT molecular complexity index is 494. The first-order chi connectivity index (χ1) is 8.16. The maximum Gasteiger partial charge on any atom is 0.231 e. The molecule has 2 aliphatic rings. The number of ketones is 1. The number of hydrogen-bond donors (Lipinski definition) is 1. The van der Waals surface area contributed by atoms with Crippen LogP contribution in [0.15, 0.2) is 24.3 Å². The predicted molar refractivity (Wildman–Crippen MR) is 63.1 cm³/mol. The number of nitrogens with zero attached hydrogens (tertiary/aromatic N) is 1. The zero-order valence-corrected chi connectivity index (χ0v) is 9.43. The predicted octanol–water partition coefficient (Wildman–Crippen LogP) is 1.27. The summed E-state index contributed by atoms with van der Waals surface area (Å²) in [7, 11) is 0. The summed E-state index contributed by atoms with van der Waals surface area (Å²) >= 11 is 0. The quantitative estimate of drug-likeness (QED) is 0.614. The number of rotatable bonds is 2. The Kier molecular flexibility index (Phi) is 2.18. The molecule has 2 fully saturated rings. The molecule has 3 rings (SSSR count). The molecule has 1 aromatic rings. The van der Waals surface area contributed by atoms with Gasteiger partial charge in [0, 0.05) is 11.7 Å². The molecule has 1 unspecified atom stereocenters. The van der Waals surface area contributed by atoms with Crippen molar-refractivity contribution in [1.82, 2.24) is 4.90 Å². The van der Waals surface area contributed by atoms with E-state index in [1.54, 1.807) is 17.0 Å². The molecule has 1 atom stereocenters. The Morgan fingerprint density at radius 1 is 1.24 bits per heavy atom. The van der Waals surface area contributed by atoms with E-state index >= 15 is 0 Å². The van der Waals surface area contributed by atoms with Gasteiger partial charge in [-0.3, -0.25) is 9.59 Å². The number of carbonyl (C=O) groups excluding carboxylic acids is 2. The molecule has 17 heavy (non-hydrogen) atoms. The van der Waals surface area contributed by atoms with Gasteiger partial charge in [-0.25, -0.2) is 0 Å². The minimum atomic E-state index is -0.404. The number of benzene rings is 1. The average molecular weight is 230 g/mol. The molecule has 1 saturated heterocycles. The number of anilines is 1. The number of likely N-dealkylation sites (tertiary alicyclic amines) is 1. The lowest BCUT2D eigenvalue weighted by atomic mass is 10.0. The Hall–Kier alpha value is -1.84. The summed E-state index contributed by atoms with van der Waals surface area (Å²) in [5, 5.41) is 0. The number of amides is 1. The van der Waals surface area contributed by atoms with E-state index in [1.165, 1.54) is 0 Å². The van der Waals surface area contributed by atoms with E-state index < -0.39 is 6.04 Å². The number of nitrogen functional groups attached to an aromatic ring is 1. The van der Waals surface area contributed by atoms with E-state index in [-0.39, 0.29) is 24.2 Å². The fourth-order valence-electron chi connectivity index (χ4n) is 2.48. The second kappa shape index (κ2) is 3.58. The smallest absolute Gasteiger partial charge is 0.231 e. The normalized spacial score (nSPS) is 24.5. The van der Waals surface area contributed by atoms with Crippen LogP contribution in [0.25, 0.3) is 0 Å². The lowest BCUT2D eigenvalue weighted by Crippen LogP contribution is -2.31. The molecule has 0 spiro atoms. The van der Waals surface area contributed by atoms with E-state index in [9.17, 15) is 9.59 Å². The highest BCUT2D eigenvalue weighted by Gasteiger charge is 2.46. The Balaban J connectivity index is 1.99. The summed E-state index contributed by atoms with van der Waals surface area (Å²) in [6.07, 6.45) is 2.06. The maximum absolute atomic E-state index is 11.9. The van der Waals surface area contributed by atoms with E-state index in [2.05, 4.69) is 0 Å². The number of carbonyl (C=O) groups is 2. The van der Waals surface area contributed by atoms with Gasteiger partial charge in [0.1, 0.15) is 6.04 Å². The number of Topliss-reactive ketones (excluding diaryl/α,β-unsaturated/α-hetero) is 1. The Morgan fingerprint density at radius 3 is 2.65 bits per heavy atom. The average Bonchev–Trinajstić information content (AvgIpc) is 3.04. The van der Waals surface area contributed by atoms with E-state index in [4.69, 9.17) is 5.73 Å². The first-order valence-electron chi connectivity index (χ1n) is 5.86. The van der Waals surface area contributed by atoms with Crippen molar-refractivity contribution in [3.05, 3.63) is 29.8 Å². The Labute approximate surface area is 99.4 Å². The lowest BCUT2D eigenvalue weighted by Gasteiger charge is -2.23. The molecule has 1 aliphatic heterocycles. The van der Waals surface area contributed by atoms with Crippen LogP contribution in [0.1, 0.15) is 30.9 Å². The fraction of sp³-hybridized carbons (Fsp3) is 0.385. The summed E-state index contributed by atoms with van der Waals surface area (Å²) in [4.78, 5) is 25.5. The van der Waals surface area contributed by atoms with Crippen LogP contribution in [0.3, 0.4) is 0 Å². The van der Waals surface area contributed by atoms with Gasteiger partial charge >= 0.3 is 0 Å². The standard InChI is InChI=1S/C13H14N2O2/c14-9-3-1-2-8(6-9)13-11(16)7-12(17)15(13)10-4-5-10/h1-3,6,10,13H,4-5,7,14H2. The summed E-state index contributed by atoms with van der Waals surface area (Å²) in [6.45, 7) is 0. The third-order valence-corrected chi connectivity index (χ3v) is 3.36. The molecule has 4 heteroatoms. The van der Waals surface area contributed by atoms with E-state index in [0.717, 1.165) is 18.4 Å². The second-order valence-electron chi connectivity index (χ2n) is 4.75. The number of hydrogen-bond acceptors (Lipinski definition) is 3. The molecular weight excluding hydrogens is 216 g/mol. The van der Waals surface area contributed by atoms with Crippen LogP contribution in [-0.4, -0.2) is 22.6 Å². The van der Waals surface area contributed by atoms with Gasteiger partial charge < -0.3 is 10.6 Å². The van der Waals surface area contributed by atoms with Crippen molar-refractivity contribution < 1.29 is 9.59 Å². The molecular formula is C13H14N2O2. The maximum atomic E-state index is 11.9. The Morgan fingerprint density at radius 2 is 2.00 bits per heavy atom. The van der Waals surface area contributed by atoms with Crippen LogP contribution in [-0.2, 0) is 9.59 Å². The summed E-state index contributed by atoms with van der Waals surface area (Å²) < 4.78 is 0. The van der Waals surface area contributed by atoms with Crippen molar-refractivity contribution in [3.8, 4) is 0 Å². The van der Waals surface area contributed by atoms with Gasteiger partial charge in [-0.15, -0.1) is 0 Å². The van der Waals surface area contributed by atoms with Crippen molar-refractivity contribution in [2.45, 2.75) is 31.3 Å². The molecule has 1 saturated carbocycles. The summed E-state index contributed by atoms with van der Waals surface area (Å²) in [6, 6.07) is 7.13. The van der Waals surface area contributed by atoms with Gasteiger partial charge in [-0.2, -0.15) is 0 Å². The highest BCUT2D eigenvalue weighted by molar-refractivity contribution is 6.08. The second-order valence-corrected chi connectivity index (χ2v) is 4.75. The molecule has 1 aromatic carbocycles. The zero-order chi connectivity index (χ0) is 12.0. The molecule has 0 aromatic heterocycles. The zero-order valence-electron chi connectivity index (χ0n) is 9.43. The minimum Gasteiger partial charge on any atom is -0.399 e. The monoisotopic (exact) mass is 230 g/mol. The van der Waals surface area contributed by atoms with Gasteiger partial charge in [0.2, 0.25) is 5.91 Å². The van der Waals surface area contributed by atoms with Gasteiger partial charge in [0.25, 0.3) is 0 Å². The fourth-order valence-corrected chi connectivity index (χ4v) is 2.48. The van der Waals surface area contributed by atoms with Crippen molar-refractivity contribution in [3.63, 3.8) is 0 Å². The van der Waals surface area contributed by atoms with Gasteiger partial charge in [0.05, 0.1) is 6.42 Å². The van der Waals surface area contributed by atoms with Crippen molar-refractivity contribution in [2.24, 2.45) is 0 Å². The topological polar surface area (TPSA) is 63.4 Å². The van der Waals surface area contributed by atoms with Crippen LogP contribution in [0.2, 0.25) is 0 Å². The van der Waals surface area contributed by atoms with Gasteiger partial charge in [-0.05, 0) is 30.5 Å². The molecule has 4 nitrogen and oxygen atoms in total. The SMILES string of the molecule is Nc1cccc(C2C(=O)CC(=O)N2C2CC2)c1. The molecule has 1 aliphatic carbocycles. The van der Waals surface area contributed by atoms with Crippen LogP contribution in [0.4, 0.5) is 5.69 Å².